The van der Waals surface area contributed by atoms with Gasteiger partial charge in [-0.05, 0) is 35.2 Å². The van der Waals surface area contributed by atoms with E-state index in [9.17, 15) is 13.5 Å². The first-order valence-electron chi connectivity index (χ1n) is 10.2. The highest BCUT2D eigenvalue weighted by Gasteiger charge is 2.25. The molecule has 0 saturated carbocycles. The molecule has 11 heteroatoms. The first-order valence-corrected chi connectivity index (χ1v) is 12.0. The van der Waals surface area contributed by atoms with Gasteiger partial charge >= 0.3 is 0 Å². The molecule has 0 amide bonds. The Balaban J connectivity index is 2.06. The van der Waals surface area contributed by atoms with Gasteiger partial charge in [-0.1, -0.05) is 44.5 Å². The number of aliphatic hydroxyl groups is 1. The number of methoxy groups -OCH3 is 2. The maximum Gasteiger partial charge on any atom is 0.263 e. The Labute approximate surface area is 203 Å². The number of hydrogen-bond acceptors (Lipinski definition) is 8. The molecule has 0 aliphatic rings. The topological polar surface area (TPSA) is 120 Å². The van der Waals surface area contributed by atoms with Crippen LogP contribution in [-0.2, 0) is 22.0 Å². The summed E-state index contributed by atoms with van der Waals surface area (Å²) in [6.07, 6.45) is 0. The molecule has 182 valence electrons. The molecule has 0 spiro atoms. The third-order valence-electron chi connectivity index (χ3n) is 4.83. The Kier molecular flexibility index (Phi) is 7.54. The van der Waals surface area contributed by atoms with E-state index >= 15 is 0 Å². The highest BCUT2D eigenvalue weighted by molar-refractivity contribution is 7.92. The highest BCUT2D eigenvalue weighted by Crippen LogP contribution is 2.40. The second-order valence-corrected chi connectivity index (χ2v) is 10.4. The average Bonchev–Trinajstić information content (AvgIpc) is 2.80. The summed E-state index contributed by atoms with van der Waals surface area (Å²) < 4.78 is 45.1. The summed E-state index contributed by atoms with van der Waals surface area (Å²) in [6.45, 7) is 5.55. The van der Waals surface area contributed by atoms with Crippen molar-refractivity contribution in [3.05, 3.63) is 58.9 Å². The van der Waals surface area contributed by atoms with E-state index in [2.05, 4.69) is 14.7 Å². The molecule has 0 aliphatic heterocycles. The molecule has 0 radical (unpaired) electrons. The van der Waals surface area contributed by atoms with Crippen LogP contribution in [0.2, 0.25) is 5.02 Å². The van der Waals surface area contributed by atoms with E-state index in [1.165, 1.54) is 32.4 Å². The molecule has 0 bridgehead atoms. The number of sulfonamides is 1. The molecule has 0 aliphatic carbocycles. The largest absolute Gasteiger partial charge is 0.497 e. The number of nitrogens with one attached hydrogen (secondary N) is 1. The number of benzene rings is 2. The van der Waals surface area contributed by atoms with Gasteiger partial charge in [-0.3, -0.25) is 4.72 Å². The molecule has 9 nitrogen and oxygen atoms in total. The molecule has 1 aromatic heterocycles. The van der Waals surface area contributed by atoms with E-state index < -0.39 is 16.6 Å². The molecule has 3 aromatic rings. The van der Waals surface area contributed by atoms with Gasteiger partial charge in [-0.2, -0.15) is 4.98 Å². The molecular formula is C23H26ClN3O6S. The van der Waals surface area contributed by atoms with E-state index in [1.807, 2.05) is 20.8 Å². The monoisotopic (exact) mass is 507 g/mol. The van der Waals surface area contributed by atoms with Gasteiger partial charge in [0, 0.05) is 6.07 Å². The quantitative estimate of drug-likeness (QED) is 0.456. The van der Waals surface area contributed by atoms with Crippen LogP contribution < -0.4 is 18.9 Å². The summed E-state index contributed by atoms with van der Waals surface area (Å²) in [5.74, 6) is 0.0989. The van der Waals surface area contributed by atoms with E-state index in [0.717, 1.165) is 5.56 Å². The minimum atomic E-state index is -4.08. The maximum atomic E-state index is 13.2. The molecule has 34 heavy (non-hydrogen) atoms. The molecule has 2 N–H and O–H groups in total. The van der Waals surface area contributed by atoms with Gasteiger partial charge in [0.15, 0.2) is 11.6 Å². The Morgan fingerprint density at radius 3 is 2.26 bits per heavy atom. The lowest BCUT2D eigenvalue weighted by Crippen LogP contribution is -2.17. The van der Waals surface area contributed by atoms with Gasteiger partial charge in [0.25, 0.3) is 15.9 Å². The van der Waals surface area contributed by atoms with E-state index in [4.69, 9.17) is 25.8 Å². The van der Waals surface area contributed by atoms with Crippen LogP contribution in [0.1, 0.15) is 32.2 Å². The lowest BCUT2D eigenvalue weighted by Gasteiger charge is -2.19. The number of aromatic nitrogens is 2. The average molecular weight is 508 g/mol. The van der Waals surface area contributed by atoms with Crippen molar-refractivity contribution < 1.29 is 27.7 Å². The predicted octanol–water partition coefficient (Wildman–Crippen LogP) is 4.53. The summed E-state index contributed by atoms with van der Waals surface area (Å²) in [5.41, 5.74) is 0.845. The van der Waals surface area contributed by atoms with E-state index in [1.54, 1.807) is 24.3 Å². The highest BCUT2D eigenvalue weighted by atomic mass is 35.5. The molecule has 0 atom stereocenters. The molecule has 0 saturated heterocycles. The van der Waals surface area contributed by atoms with Crippen molar-refractivity contribution in [3.8, 4) is 23.1 Å². The number of anilines is 1. The lowest BCUT2D eigenvalue weighted by atomic mass is 9.87. The first-order chi connectivity index (χ1) is 16.0. The smallest absolute Gasteiger partial charge is 0.263 e. The van der Waals surface area contributed by atoms with E-state index in [0.29, 0.717) is 5.75 Å². The molecule has 0 unspecified atom stereocenters. The summed E-state index contributed by atoms with van der Waals surface area (Å²) >= 11 is 6.25. The van der Waals surface area contributed by atoms with Crippen LogP contribution in [0, 0.1) is 0 Å². The van der Waals surface area contributed by atoms with E-state index in [-0.39, 0.29) is 44.4 Å². The fourth-order valence-corrected chi connectivity index (χ4v) is 4.12. The van der Waals surface area contributed by atoms with Crippen molar-refractivity contribution >= 4 is 27.4 Å². The fourth-order valence-electron chi connectivity index (χ4n) is 2.96. The number of hydrogen-bond donors (Lipinski definition) is 2. The zero-order chi connectivity index (χ0) is 25.1. The van der Waals surface area contributed by atoms with Crippen LogP contribution in [0.15, 0.2) is 47.4 Å². The predicted molar refractivity (Wildman–Crippen MR) is 129 cm³/mol. The van der Waals surface area contributed by atoms with Gasteiger partial charge < -0.3 is 19.3 Å². The number of nitrogens with zero attached hydrogens (tertiary/aromatic N) is 2. The zero-order valence-corrected chi connectivity index (χ0v) is 21.0. The van der Waals surface area contributed by atoms with Crippen LogP contribution in [0.4, 0.5) is 5.82 Å². The lowest BCUT2D eigenvalue weighted by molar-refractivity contribution is 0.267. The van der Waals surface area contributed by atoms with Gasteiger partial charge in [0.1, 0.15) is 18.1 Å². The Bertz CT molecular complexity index is 1280. The van der Waals surface area contributed by atoms with Crippen LogP contribution >= 0.6 is 11.6 Å². The summed E-state index contributed by atoms with van der Waals surface area (Å²) in [4.78, 5) is 8.19. The summed E-state index contributed by atoms with van der Waals surface area (Å²) in [5, 5.41) is 9.80. The van der Waals surface area contributed by atoms with Crippen LogP contribution in [-0.4, -0.2) is 37.7 Å². The van der Waals surface area contributed by atoms with Crippen LogP contribution in [0.3, 0.4) is 0 Å². The second kappa shape index (κ2) is 10.0. The molecule has 3 rings (SSSR count). The molecule has 1 heterocycles. The number of ether oxygens (including phenoxy) is 3. The standard InChI is InChI=1S/C23H26ClN3O6S/c1-23(2,3)14-6-9-16(10-7-14)34(29,30)27-21-20(22(32-5)26-19(13-28)25-21)33-18-12-15(31-4)8-11-17(18)24/h6-12,28H,13H2,1-5H3,(H,25,26,27). The maximum absolute atomic E-state index is 13.2. The van der Waals surface area contributed by atoms with Crippen LogP contribution in [0.5, 0.6) is 23.1 Å². The van der Waals surface area contributed by atoms with Crippen molar-refractivity contribution in [3.63, 3.8) is 0 Å². The Hall–Kier alpha value is -3.08. The summed E-state index contributed by atoms with van der Waals surface area (Å²) in [7, 11) is -1.27. The first kappa shape index (κ1) is 25.5. The minimum Gasteiger partial charge on any atom is -0.497 e. The summed E-state index contributed by atoms with van der Waals surface area (Å²) in [6, 6.07) is 11.2. The fraction of sp³-hybridized carbons (Fsp3) is 0.304. The number of halogens is 1. The van der Waals surface area contributed by atoms with Crippen molar-refractivity contribution in [2.45, 2.75) is 37.7 Å². The molecule has 2 aromatic carbocycles. The van der Waals surface area contributed by atoms with Gasteiger partial charge in [-0.15, -0.1) is 0 Å². The van der Waals surface area contributed by atoms with Gasteiger partial charge in [-0.25, -0.2) is 13.4 Å². The van der Waals surface area contributed by atoms with Crippen molar-refractivity contribution in [2.24, 2.45) is 0 Å². The third-order valence-corrected chi connectivity index (χ3v) is 6.49. The normalized spacial score (nSPS) is 11.7. The van der Waals surface area contributed by atoms with Crippen molar-refractivity contribution in [2.75, 3.05) is 18.9 Å². The number of rotatable bonds is 8. The molecule has 0 fully saturated rings. The second-order valence-electron chi connectivity index (χ2n) is 8.26. The van der Waals surface area contributed by atoms with Crippen molar-refractivity contribution in [1.29, 1.82) is 0 Å². The van der Waals surface area contributed by atoms with Crippen molar-refractivity contribution in [1.82, 2.24) is 9.97 Å². The van der Waals surface area contributed by atoms with Crippen LogP contribution in [0.25, 0.3) is 0 Å². The van der Waals surface area contributed by atoms with Gasteiger partial charge in [0.2, 0.25) is 5.75 Å². The third kappa shape index (κ3) is 5.69. The van der Waals surface area contributed by atoms with Gasteiger partial charge in [0.05, 0.1) is 24.1 Å². The minimum absolute atomic E-state index is 0.0222. The Morgan fingerprint density at radius 2 is 1.71 bits per heavy atom. The number of aliphatic hydroxyl groups excluding tert-OH is 1. The zero-order valence-electron chi connectivity index (χ0n) is 19.4. The SMILES string of the molecule is COc1ccc(Cl)c(Oc2c(NS(=O)(=O)c3ccc(C(C)(C)C)cc3)nc(CO)nc2OC)c1. The molecular weight excluding hydrogens is 482 g/mol. The Morgan fingerprint density at radius 1 is 1.03 bits per heavy atom.